The second-order valence-corrected chi connectivity index (χ2v) is 5.38. The van der Waals surface area contributed by atoms with Gasteiger partial charge in [-0.25, -0.2) is 9.38 Å². The zero-order chi connectivity index (χ0) is 16.7. The van der Waals surface area contributed by atoms with Crippen molar-refractivity contribution in [2.45, 2.75) is 13.0 Å². The summed E-state index contributed by atoms with van der Waals surface area (Å²) in [5.41, 5.74) is 8.15. The van der Waals surface area contributed by atoms with Crippen LogP contribution in [0, 0.1) is 5.82 Å². The molecule has 1 aromatic heterocycles. The number of anilines is 1. The first-order valence-electron chi connectivity index (χ1n) is 7.45. The molecule has 0 aliphatic rings. The van der Waals surface area contributed by atoms with Gasteiger partial charge in [0.1, 0.15) is 5.82 Å². The van der Waals surface area contributed by atoms with Crippen molar-refractivity contribution in [1.82, 2.24) is 10.3 Å². The van der Waals surface area contributed by atoms with Crippen LogP contribution in [0.5, 0.6) is 0 Å². The van der Waals surface area contributed by atoms with Crippen molar-refractivity contribution in [2.24, 2.45) is 10.7 Å². The highest BCUT2D eigenvalue weighted by Crippen LogP contribution is 2.18. The predicted molar refractivity (Wildman–Crippen MR) is 107 cm³/mol. The fraction of sp³-hybridized carbons (Fsp3) is 0.294. The van der Waals surface area contributed by atoms with Crippen LogP contribution in [0.1, 0.15) is 11.3 Å². The molecule has 130 valence electrons. The van der Waals surface area contributed by atoms with Crippen molar-refractivity contribution in [1.29, 1.82) is 0 Å². The number of hydrogen-bond acceptors (Lipinski definition) is 3. The standard InChI is InChI=1S/C17H22FN5.HI/c1-23(2)16-7-6-13(11-15(16)18)12-22-17(19)21-10-8-14-5-3-4-9-20-14;/h3-7,9,11H,8,10,12H2,1-2H3,(H3,19,21,22);1H. The SMILES string of the molecule is CN(C)c1ccc(CN=C(N)NCCc2ccccn2)cc1F.I. The van der Waals surface area contributed by atoms with E-state index in [4.69, 9.17) is 5.73 Å². The number of aromatic nitrogens is 1. The van der Waals surface area contributed by atoms with Crippen molar-refractivity contribution >= 4 is 35.6 Å². The highest BCUT2D eigenvalue weighted by Gasteiger charge is 2.05. The minimum Gasteiger partial charge on any atom is -0.375 e. The number of nitrogens with two attached hydrogens (primary N) is 1. The van der Waals surface area contributed by atoms with Gasteiger partial charge < -0.3 is 16.0 Å². The van der Waals surface area contributed by atoms with E-state index in [1.54, 1.807) is 31.3 Å². The maximum absolute atomic E-state index is 13.9. The molecule has 0 aliphatic heterocycles. The highest BCUT2D eigenvalue weighted by molar-refractivity contribution is 14.0. The second kappa shape index (κ2) is 10.1. The quantitative estimate of drug-likeness (QED) is 0.409. The summed E-state index contributed by atoms with van der Waals surface area (Å²) < 4.78 is 13.9. The number of pyridine rings is 1. The molecule has 5 nitrogen and oxygen atoms in total. The van der Waals surface area contributed by atoms with Gasteiger partial charge in [0.05, 0.1) is 12.2 Å². The summed E-state index contributed by atoms with van der Waals surface area (Å²) in [5, 5.41) is 3.03. The first-order valence-corrected chi connectivity index (χ1v) is 7.45. The fourth-order valence-corrected chi connectivity index (χ4v) is 2.11. The first-order chi connectivity index (χ1) is 11.1. The van der Waals surface area contributed by atoms with Crippen molar-refractivity contribution in [3.8, 4) is 0 Å². The van der Waals surface area contributed by atoms with Gasteiger partial charge in [-0.2, -0.15) is 0 Å². The summed E-state index contributed by atoms with van der Waals surface area (Å²) in [6.07, 6.45) is 2.53. The van der Waals surface area contributed by atoms with Gasteiger partial charge in [0.25, 0.3) is 0 Å². The molecule has 3 N–H and O–H groups in total. The van der Waals surface area contributed by atoms with E-state index >= 15 is 0 Å². The van der Waals surface area contributed by atoms with Crippen LogP contribution >= 0.6 is 24.0 Å². The number of nitrogens with one attached hydrogen (secondary N) is 1. The molecule has 7 heteroatoms. The number of nitrogens with zero attached hydrogens (tertiary/aromatic N) is 3. The Hall–Kier alpha value is -1.90. The van der Waals surface area contributed by atoms with E-state index < -0.39 is 0 Å². The summed E-state index contributed by atoms with van der Waals surface area (Å²) in [6, 6.07) is 10.9. The molecule has 0 unspecified atom stereocenters. The number of rotatable bonds is 6. The molecular formula is C17H23FIN5. The Morgan fingerprint density at radius 2 is 2.08 bits per heavy atom. The van der Waals surface area contributed by atoms with Crippen LogP contribution in [0.2, 0.25) is 0 Å². The molecule has 0 aliphatic carbocycles. The average Bonchev–Trinajstić information content (AvgIpc) is 2.53. The number of halogens is 2. The highest BCUT2D eigenvalue weighted by atomic mass is 127. The molecular weight excluding hydrogens is 420 g/mol. The van der Waals surface area contributed by atoms with Crippen molar-refractivity contribution in [2.75, 3.05) is 25.5 Å². The fourth-order valence-electron chi connectivity index (χ4n) is 2.11. The van der Waals surface area contributed by atoms with E-state index in [1.807, 2.05) is 24.3 Å². The zero-order valence-electron chi connectivity index (χ0n) is 13.9. The first kappa shape index (κ1) is 20.1. The molecule has 0 bridgehead atoms. The third-order valence-corrected chi connectivity index (χ3v) is 3.34. The molecule has 2 rings (SSSR count). The summed E-state index contributed by atoms with van der Waals surface area (Å²) >= 11 is 0. The normalized spacial score (nSPS) is 10.9. The lowest BCUT2D eigenvalue weighted by Crippen LogP contribution is -2.33. The van der Waals surface area contributed by atoms with Gasteiger partial charge in [-0.15, -0.1) is 24.0 Å². The van der Waals surface area contributed by atoms with Crippen LogP contribution in [0.25, 0.3) is 0 Å². The zero-order valence-corrected chi connectivity index (χ0v) is 16.2. The van der Waals surface area contributed by atoms with E-state index in [9.17, 15) is 4.39 Å². The van der Waals surface area contributed by atoms with Crippen molar-refractivity contribution in [3.05, 3.63) is 59.7 Å². The number of guanidine groups is 1. The monoisotopic (exact) mass is 443 g/mol. The lowest BCUT2D eigenvalue weighted by Gasteiger charge is -2.13. The van der Waals surface area contributed by atoms with Gasteiger partial charge in [0.2, 0.25) is 0 Å². The van der Waals surface area contributed by atoms with E-state index in [-0.39, 0.29) is 29.8 Å². The van der Waals surface area contributed by atoms with Gasteiger partial charge in [0.15, 0.2) is 5.96 Å². The van der Waals surface area contributed by atoms with Crippen LogP contribution in [-0.4, -0.2) is 31.6 Å². The van der Waals surface area contributed by atoms with Gasteiger partial charge >= 0.3 is 0 Å². The summed E-state index contributed by atoms with van der Waals surface area (Å²) in [7, 11) is 3.61. The van der Waals surface area contributed by atoms with Gasteiger partial charge in [-0.05, 0) is 29.8 Å². The van der Waals surface area contributed by atoms with E-state index in [1.165, 1.54) is 6.07 Å². The molecule has 0 radical (unpaired) electrons. The van der Waals surface area contributed by atoms with Crippen LogP contribution in [0.15, 0.2) is 47.6 Å². The number of hydrogen-bond donors (Lipinski definition) is 2. The Balaban J connectivity index is 0.00000288. The Labute approximate surface area is 159 Å². The Kier molecular flexibility index (Phi) is 8.45. The summed E-state index contributed by atoms with van der Waals surface area (Å²) in [6.45, 7) is 0.993. The molecule has 1 aromatic carbocycles. The minimum absolute atomic E-state index is 0. The van der Waals surface area contributed by atoms with Crippen LogP contribution in [0.4, 0.5) is 10.1 Å². The minimum atomic E-state index is -0.260. The molecule has 0 spiro atoms. The van der Waals surface area contributed by atoms with E-state index in [2.05, 4.69) is 15.3 Å². The van der Waals surface area contributed by atoms with Crippen molar-refractivity contribution in [3.63, 3.8) is 0 Å². The maximum Gasteiger partial charge on any atom is 0.188 e. The topological polar surface area (TPSA) is 66.5 Å². The van der Waals surface area contributed by atoms with Gasteiger partial charge in [0, 0.05) is 39.0 Å². The van der Waals surface area contributed by atoms with E-state index in [0.29, 0.717) is 24.7 Å². The average molecular weight is 443 g/mol. The summed E-state index contributed by atoms with van der Waals surface area (Å²) in [5.74, 6) is 0.0856. The molecule has 2 aromatic rings. The molecule has 0 fully saturated rings. The van der Waals surface area contributed by atoms with E-state index in [0.717, 1.165) is 17.7 Å². The Bertz CT molecular complexity index is 661. The van der Waals surface area contributed by atoms with Crippen LogP contribution < -0.4 is 16.0 Å². The molecule has 24 heavy (non-hydrogen) atoms. The maximum atomic E-state index is 13.9. The van der Waals surface area contributed by atoms with Crippen LogP contribution in [-0.2, 0) is 13.0 Å². The van der Waals surface area contributed by atoms with Crippen molar-refractivity contribution < 1.29 is 4.39 Å². The Morgan fingerprint density at radius 3 is 2.71 bits per heavy atom. The third-order valence-electron chi connectivity index (χ3n) is 3.34. The smallest absolute Gasteiger partial charge is 0.188 e. The third kappa shape index (κ3) is 6.31. The molecule has 0 saturated heterocycles. The molecule has 0 atom stereocenters. The Morgan fingerprint density at radius 1 is 1.29 bits per heavy atom. The van der Waals surface area contributed by atoms with Crippen LogP contribution in [0.3, 0.4) is 0 Å². The second-order valence-electron chi connectivity index (χ2n) is 5.38. The summed E-state index contributed by atoms with van der Waals surface area (Å²) in [4.78, 5) is 10.2. The largest absolute Gasteiger partial charge is 0.375 e. The molecule has 0 amide bonds. The predicted octanol–water partition coefficient (Wildman–Crippen LogP) is 2.55. The molecule has 0 saturated carbocycles. The van der Waals surface area contributed by atoms with Gasteiger partial charge in [-0.3, -0.25) is 4.98 Å². The molecule has 1 heterocycles. The number of benzene rings is 1. The lowest BCUT2D eigenvalue weighted by atomic mass is 10.2. The number of aliphatic imine (C=N–C) groups is 1. The lowest BCUT2D eigenvalue weighted by molar-refractivity contribution is 0.624. The van der Waals surface area contributed by atoms with Gasteiger partial charge in [-0.1, -0.05) is 12.1 Å².